The number of fused-ring (bicyclic) bond motifs is 1. The van der Waals surface area contributed by atoms with Crippen molar-refractivity contribution in [3.63, 3.8) is 0 Å². The minimum Gasteiger partial charge on any atom is -0.458 e. The molecule has 0 atom stereocenters. The van der Waals surface area contributed by atoms with Crippen molar-refractivity contribution >= 4 is 22.6 Å². The van der Waals surface area contributed by atoms with Crippen LogP contribution in [-0.2, 0) is 6.54 Å². The summed E-state index contributed by atoms with van der Waals surface area (Å²) in [7, 11) is 0. The number of hydrogen-bond donors (Lipinski definition) is 1. The van der Waals surface area contributed by atoms with E-state index in [9.17, 15) is 4.39 Å². The lowest BCUT2D eigenvalue weighted by atomic mass is 10.1. The molecule has 1 fully saturated rings. The topological polar surface area (TPSA) is 25.2 Å². The second kappa shape index (κ2) is 4.80. The first-order valence-corrected chi connectivity index (χ1v) is 7.07. The third kappa shape index (κ3) is 2.49. The van der Waals surface area contributed by atoms with Gasteiger partial charge < -0.3 is 9.73 Å². The molecule has 0 unspecified atom stereocenters. The number of halogens is 2. The SMILES string of the molecule is CC(C)NCc1oc2c(Cl)cc(F)cc2c1C1CC1. The van der Waals surface area contributed by atoms with Crippen molar-refractivity contribution < 1.29 is 8.81 Å². The Labute approximate surface area is 116 Å². The minimum atomic E-state index is -0.302. The Bertz CT molecular complexity index is 616. The molecule has 1 aromatic carbocycles. The third-order valence-electron chi connectivity index (χ3n) is 3.48. The van der Waals surface area contributed by atoms with Gasteiger partial charge in [-0.25, -0.2) is 4.39 Å². The maximum Gasteiger partial charge on any atom is 0.153 e. The van der Waals surface area contributed by atoms with Gasteiger partial charge in [-0.05, 0) is 30.9 Å². The first kappa shape index (κ1) is 12.9. The van der Waals surface area contributed by atoms with Crippen LogP contribution in [0, 0.1) is 5.82 Å². The Morgan fingerprint density at radius 2 is 2.16 bits per heavy atom. The quantitative estimate of drug-likeness (QED) is 0.886. The summed E-state index contributed by atoms with van der Waals surface area (Å²) in [4.78, 5) is 0. The van der Waals surface area contributed by atoms with E-state index >= 15 is 0 Å². The van der Waals surface area contributed by atoms with Crippen LogP contribution in [0.4, 0.5) is 4.39 Å². The summed E-state index contributed by atoms with van der Waals surface area (Å²) < 4.78 is 19.4. The maximum atomic E-state index is 13.5. The number of furan rings is 1. The fraction of sp³-hybridized carbons (Fsp3) is 0.467. The van der Waals surface area contributed by atoms with E-state index < -0.39 is 0 Å². The summed E-state index contributed by atoms with van der Waals surface area (Å²) in [6.45, 7) is 4.84. The zero-order chi connectivity index (χ0) is 13.6. The van der Waals surface area contributed by atoms with Crippen LogP contribution < -0.4 is 5.32 Å². The van der Waals surface area contributed by atoms with Gasteiger partial charge in [0.2, 0.25) is 0 Å². The monoisotopic (exact) mass is 281 g/mol. The molecule has 1 aliphatic carbocycles. The van der Waals surface area contributed by atoms with Crippen molar-refractivity contribution in [2.75, 3.05) is 0 Å². The summed E-state index contributed by atoms with van der Waals surface area (Å²) in [6.07, 6.45) is 2.30. The summed E-state index contributed by atoms with van der Waals surface area (Å²) in [5.41, 5.74) is 1.76. The lowest BCUT2D eigenvalue weighted by Crippen LogP contribution is -2.22. The summed E-state index contributed by atoms with van der Waals surface area (Å²) in [6, 6.07) is 3.23. The van der Waals surface area contributed by atoms with E-state index in [1.807, 2.05) is 0 Å². The predicted molar refractivity (Wildman–Crippen MR) is 75.1 cm³/mol. The van der Waals surface area contributed by atoms with Gasteiger partial charge in [-0.2, -0.15) is 0 Å². The van der Waals surface area contributed by atoms with Crippen LogP contribution >= 0.6 is 11.6 Å². The lowest BCUT2D eigenvalue weighted by Gasteiger charge is -2.07. The van der Waals surface area contributed by atoms with Crippen LogP contribution in [0.15, 0.2) is 16.5 Å². The van der Waals surface area contributed by atoms with Gasteiger partial charge in [0.25, 0.3) is 0 Å². The van der Waals surface area contributed by atoms with Crippen molar-refractivity contribution in [3.05, 3.63) is 34.3 Å². The molecule has 1 aliphatic rings. The molecule has 19 heavy (non-hydrogen) atoms. The standard InChI is InChI=1S/C15H17ClFNO/c1-8(2)18-7-13-14(9-3-4-9)11-5-10(17)6-12(16)15(11)19-13/h5-6,8-9,18H,3-4,7H2,1-2H3. The summed E-state index contributed by atoms with van der Waals surface area (Å²) in [5, 5.41) is 4.54. The van der Waals surface area contributed by atoms with Gasteiger partial charge in [0, 0.05) is 17.0 Å². The fourth-order valence-electron chi connectivity index (χ4n) is 2.44. The molecule has 3 rings (SSSR count). The average molecular weight is 282 g/mol. The zero-order valence-corrected chi connectivity index (χ0v) is 11.9. The van der Waals surface area contributed by atoms with Gasteiger partial charge in [-0.1, -0.05) is 25.4 Å². The zero-order valence-electron chi connectivity index (χ0n) is 11.1. The number of rotatable bonds is 4. The van der Waals surface area contributed by atoms with Crippen LogP contribution in [0.3, 0.4) is 0 Å². The maximum absolute atomic E-state index is 13.5. The third-order valence-corrected chi connectivity index (χ3v) is 3.76. The van der Waals surface area contributed by atoms with E-state index in [4.69, 9.17) is 16.0 Å². The molecule has 1 heterocycles. The molecule has 1 aromatic heterocycles. The Morgan fingerprint density at radius 3 is 2.79 bits per heavy atom. The van der Waals surface area contributed by atoms with Crippen LogP contribution in [0.5, 0.6) is 0 Å². The van der Waals surface area contributed by atoms with E-state index in [0.29, 0.717) is 29.1 Å². The van der Waals surface area contributed by atoms with Crippen LogP contribution in [0.2, 0.25) is 5.02 Å². The number of hydrogen-bond acceptors (Lipinski definition) is 2. The molecule has 0 aliphatic heterocycles. The van der Waals surface area contributed by atoms with Crippen LogP contribution in [0.25, 0.3) is 11.0 Å². The van der Waals surface area contributed by atoms with Gasteiger partial charge in [0.15, 0.2) is 5.58 Å². The highest BCUT2D eigenvalue weighted by atomic mass is 35.5. The van der Waals surface area contributed by atoms with Gasteiger partial charge in [-0.3, -0.25) is 0 Å². The van der Waals surface area contributed by atoms with Gasteiger partial charge >= 0.3 is 0 Å². The van der Waals surface area contributed by atoms with E-state index in [1.54, 1.807) is 0 Å². The highest BCUT2D eigenvalue weighted by Crippen LogP contribution is 2.47. The van der Waals surface area contributed by atoms with Crippen molar-refractivity contribution in [1.29, 1.82) is 0 Å². The molecule has 102 valence electrons. The van der Waals surface area contributed by atoms with E-state index in [1.165, 1.54) is 12.1 Å². The Hall–Kier alpha value is -1.06. The van der Waals surface area contributed by atoms with Crippen LogP contribution in [-0.4, -0.2) is 6.04 Å². The Balaban J connectivity index is 2.10. The molecule has 1 N–H and O–H groups in total. The molecule has 0 bridgehead atoms. The molecular weight excluding hydrogens is 265 g/mol. The molecule has 2 nitrogen and oxygen atoms in total. The molecule has 0 spiro atoms. The van der Waals surface area contributed by atoms with E-state index in [2.05, 4.69) is 19.2 Å². The van der Waals surface area contributed by atoms with Crippen molar-refractivity contribution in [3.8, 4) is 0 Å². The fourth-order valence-corrected chi connectivity index (χ4v) is 2.68. The minimum absolute atomic E-state index is 0.302. The molecular formula is C15H17ClFNO. The molecule has 4 heteroatoms. The molecule has 0 radical (unpaired) electrons. The average Bonchev–Trinajstić information content (AvgIpc) is 3.08. The first-order valence-electron chi connectivity index (χ1n) is 6.70. The largest absolute Gasteiger partial charge is 0.458 e. The number of benzene rings is 1. The number of nitrogens with one attached hydrogen (secondary N) is 1. The lowest BCUT2D eigenvalue weighted by molar-refractivity contribution is 0.483. The van der Waals surface area contributed by atoms with Gasteiger partial charge in [-0.15, -0.1) is 0 Å². The van der Waals surface area contributed by atoms with E-state index in [-0.39, 0.29) is 5.82 Å². The summed E-state index contributed by atoms with van der Waals surface area (Å²) >= 11 is 6.08. The van der Waals surface area contributed by atoms with E-state index in [0.717, 1.165) is 29.6 Å². The van der Waals surface area contributed by atoms with Gasteiger partial charge in [0.05, 0.1) is 11.6 Å². The predicted octanol–water partition coefficient (Wildman–Crippen LogP) is 4.60. The van der Waals surface area contributed by atoms with Crippen LogP contribution in [0.1, 0.15) is 43.9 Å². The molecule has 1 saturated carbocycles. The second-order valence-electron chi connectivity index (χ2n) is 5.51. The van der Waals surface area contributed by atoms with Crippen molar-refractivity contribution in [2.24, 2.45) is 0 Å². The Kier molecular flexibility index (Phi) is 3.27. The molecule has 0 amide bonds. The highest BCUT2D eigenvalue weighted by molar-refractivity contribution is 6.35. The first-order chi connectivity index (χ1) is 9.06. The second-order valence-corrected chi connectivity index (χ2v) is 5.92. The summed E-state index contributed by atoms with van der Waals surface area (Å²) in [5.74, 6) is 1.10. The molecule has 0 saturated heterocycles. The van der Waals surface area contributed by atoms with Gasteiger partial charge in [0.1, 0.15) is 11.6 Å². The van der Waals surface area contributed by atoms with Crippen molar-refractivity contribution in [2.45, 2.75) is 45.2 Å². The normalized spacial score (nSPS) is 15.6. The Morgan fingerprint density at radius 1 is 1.42 bits per heavy atom. The smallest absolute Gasteiger partial charge is 0.153 e. The molecule has 2 aromatic rings. The highest BCUT2D eigenvalue weighted by Gasteiger charge is 2.31. The van der Waals surface area contributed by atoms with Crippen molar-refractivity contribution in [1.82, 2.24) is 5.32 Å².